The fourth-order valence-electron chi connectivity index (χ4n) is 3.10. The minimum absolute atomic E-state index is 0.00482. The van der Waals surface area contributed by atoms with Crippen molar-refractivity contribution < 1.29 is 27.5 Å². The average molecular weight is 352 g/mol. The van der Waals surface area contributed by atoms with Crippen molar-refractivity contribution in [2.75, 3.05) is 13.4 Å². The number of piperidine rings is 1. The van der Waals surface area contributed by atoms with Crippen LogP contribution in [0.4, 0.5) is 0 Å². The Balaban J connectivity index is 2.02. The zero-order valence-corrected chi connectivity index (χ0v) is 14.0. The molecule has 1 N–H and O–H groups in total. The summed E-state index contributed by atoms with van der Waals surface area (Å²) in [6.07, 6.45) is 1.43. The van der Waals surface area contributed by atoms with Crippen LogP contribution in [-0.2, 0) is 26.0 Å². The third kappa shape index (κ3) is 2.54. The average Bonchev–Trinajstić information content (AvgIpc) is 2.82. The minimum atomic E-state index is -3.57. The van der Waals surface area contributed by atoms with E-state index in [1.807, 2.05) is 0 Å². The van der Waals surface area contributed by atoms with Crippen molar-refractivity contribution in [3.63, 3.8) is 0 Å². The first kappa shape index (κ1) is 16.4. The Bertz CT molecular complexity index is 861. The molecule has 1 aromatic carbocycles. The summed E-state index contributed by atoms with van der Waals surface area (Å²) in [6.45, 7) is 0.168. The lowest BCUT2D eigenvalue weighted by Crippen LogP contribution is -2.52. The Morgan fingerprint density at radius 3 is 2.54 bits per heavy atom. The lowest BCUT2D eigenvalue weighted by molar-refractivity contribution is -0.136. The summed E-state index contributed by atoms with van der Waals surface area (Å²) < 4.78 is 29.0. The molecule has 0 spiro atoms. The maximum Gasteiger partial charge on any atom is 0.259 e. The summed E-state index contributed by atoms with van der Waals surface area (Å²) in [7, 11) is -2.27. The summed E-state index contributed by atoms with van der Waals surface area (Å²) in [5, 5.41) is 2.22. The van der Waals surface area contributed by atoms with Crippen molar-refractivity contribution in [2.24, 2.45) is 0 Å². The van der Waals surface area contributed by atoms with Gasteiger partial charge in [0.05, 0.1) is 12.7 Å². The van der Waals surface area contributed by atoms with E-state index in [0.29, 0.717) is 5.56 Å². The standard InChI is InChI=1S/C15H16N2O6S/c1-23-13-10(24(2,21)22)5-3-8-7-17(15(20)12(8)13)9-4-6-11(18)16-14(9)19/h3,5,9H,4,6-7H2,1-2H3,(H,16,18,19). The van der Waals surface area contributed by atoms with Gasteiger partial charge in [0.2, 0.25) is 11.8 Å². The van der Waals surface area contributed by atoms with Crippen LogP contribution in [0.25, 0.3) is 0 Å². The number of nitrogens with zero attached hydrogens (tertiary/aromatic N) is 1. The number of sulfone groups is 1. The van der Waals surface area contributed by atoms with E-state index in [1.165, 1.54) is 18.1 Å². The summed E-state index contributed by atoms with van der Waals surface area (Å²) in [4.78, 5) is 37.3. The number of hydrogen-bond acceptors (Lipinski definition) is 6. The molecular formula is C15H16N2O6S. The zero-order chi connectivity index (χ0) is 17.6. The molecule has 3 amide bonds. The molecule has 8 nitrogen and oxygen atoms in total. The maximum atomic E-state index is 12.8. The van der Waals surface area contributed by atoms with Crippen molar-refractivity contribution in [3.05, 3.63) is 23.3 Å². The van der Waals surface area contributed by atoms with Crippen molar-refractivity contribution in [2.45, 2.75) is 30.3 Å². The fourth-order valence-corrected chi connectivity index (χ4v) is 3.93. The highest BCUT2D eigenvalue weighted by Gasteiger charge is 2.41. The van der Waals surface area contributed by atoms with Crippen molar-refractivity contribution >= 4 is 27.6 Å². The van der Waals surface area contributed by atoms with Gasteiger partial charge in [-0.1, -0.05) is 6.07 Å². The summed E-state index contributed by atoms with van der Waals surface area (Å²) in [5.74, 6) is -1.36. The number of nitrogens with one attached hydrogen (secondary N) is 1. The highest BCUT2D eigenvalue weighted by molar-refractivity contribution is 7.90. The van der Waals surface area contributed by atoms with Gasteiger partial charge < -0.3 is 9.64 Å². The second kappa shape index (κ2) is 5.59. The number of hydrogen-bond donors (Lipinski definition) is 1. The van der Waals surface area contributed by atoms with Crippen molar-refractivity contribution in [3.8, 4) is 5.75 Å². The van der Waals surface area contributed by atoms with E-state index in [2.05, 4.69) is 5.32 Å². The topological polar surface area (TPSA) is 110 Å². The molecule has 1 atom stereocenters. The Morgan fingerprint density at radius 2 is 1.96 bits per heavy atom. The van der Waals surface area contributed by atoms with E-state index < -0.39 is 27.7 Å². The molecule has 3 rings (SSSR count). The Morgan fingerprint density at radius 1 is 1.25 bits per heavy atom. The largest absolute Gasteiger partial charge is 0.495 e. The molecule has 0 radical (unpaired) electrons. The van der Waals surface area contributed by atoms with Gasteiger partial charge in [0.25, 0.3) is 5.91 Å². The molecule has 128 valence electrons. The van der Waals surface area contributed by atoms with Crippen LogP contribution in [0.2, 0.25) is 0 Å². The normalized spacial score (nSPS) is 20.8. The number of methoxy groups -OCH3 is 1. The summed E-state index contributed by atoms with van der Waals surface area (Å²) in [6, 6.07) is 2.20. The predicted molar refractivity (Wildman–Crippen MR) is 82.1 cm³/mol. The molecule has 0 aliphatic carbocycles. The number of carbonyl (C=O) groups is 3. The highest BCUT2D eigenvalue weighted by Crippen LogP contribution is 2.37. The van der Waals surface area contributed by atoms with Gasteiger partial charge in [0.15, 0.2) is 15.6 Å². The quantitative estimate of drug-likeness (QED) is 0.758. The number of ether oxygens (including phenoxy) is 1. The van der Waals surface area contributed by atoms with Crippen LogP contribution in [0.15, 0.2) is 17.0 Å². The molecule has 0 aromatic heterocycles. The SMILES string of the molecule is COc1c(S(C)(=O)=O)ccc2c1C(=O)N(C1CCC(=O)NC1=O)C2. The summed E-state index contributed by atoms with van der Waals surface area (Å²) in [5.41, 5.74) is 0.749. The van der Waals surface area contributed by atoms with Gasteiger partial charge in [-0.3, -0.25) is 19.7 Å². The molecule has 0 saturated carbocycles. The van der Waals surface area contributed by atoms with Crippen LogP contribution < -0.4 is 10.1 Å². The van der Waals surface area contributed by atoms with Gasteiger partial charge in [-0.25, -0.2) is 8.42 Å². The van der Waals surface area contributed by atoms with Gasteiger partial charge in [-0.2, -0.15) is 0 Å². The molecule has 2 aliphatic heterocycles. The number of fused-ring (bicyclic) bond motifs is 1. The van der Waals surface area contributed by atoms with Gasteiger partial charge in [0, 0.05) is 19.2 Å². The molecule has 9 heteroatoms. The fraction of sp³-hybridized carbons (Fsp3) is 0.400. The van der Waals surface area contributed by atoms with Crippen LogP contribution in [-0.4, -0.2) is 50.4 Å². The molecule has 2 heterocycles. The molecule has 1 aromatic rings. The van der Waals surface area contributed by atoms with Crippen molar-refractivity contribution in [1.29, 1.82) is 0 Å². The highest BCUT2D eigenvalue weighted by atomic mass is 32.2. The lowest BCUT2D eigenvalue weighted by Gasteiger charge is -2.29. The van der Waals surface area contributed by atoms with E-state index in [1.54, 1.807) is 6.07 Å². The molecule has 1 fully saturated rings. The number of benzene rings is 1. The first-order chi connectivity index (χ1) is 11.2. The number of rotatable bonds is 3. The second-order valence-corrected chi connectivity index (χ2v) is 7.79. The molecule has 2 aliphatic rings. The monoisotopic (exact) mass is 352 g/mol. The van der Waals surface area contributed by atoms with E-state index in [-0.39, 0.29) is 41.5 Å². The van der Waals surface area contributed by atoms with Crippen LogP contribution in [0, 0.1) is 0 Å². The smallest absolute Gasteiger partial charge is 0.259 e. The molecular weight excluding hydrogens is 336 g/mol. The maximum absolute atomic E-state index is 12.8. The number of carbonyl (C=O) groups excluding carboxylic acids is 3. The van der Waals surface area contributed by atoms with Gasteiger partial charge >= 0.3 is 0 Å². The first-order valence-electron chi connectivity index (χ1n) is 7.28. The van der Waals surface area contributed by atoms with Crippen LogP contribution in [0.3, 0.4) is 0 Å². The van der Waals surface area contributed by atoms with Gasteiger partial charge in [0.1, 0.15) is 10.9 Å². The summed E-state index contributed by atoms with van der Waals surface area (Å²) >= 11 is 0. The molecule has 0 bridgehead atoms. The van der Waals surface area contributed by atoms with Crippen molar-refractivity contribution in [1.82, 2.24) is 10.2 Å². The lowest BCUT2D eigenvalue weighted by atomic mass is 10.0. The Hall–Kier alpha value is -2.42. The first-order valence-corrected chi connectivity index (χ1v) is 9.17. The van der Waals surface area contributed by atoms with Crippen LogP contribution in [0.5, 0.6) is 5.75 Å². The third-order valence-corrected chi connectivity index (χ3v) is 5.33. The van der Waals surface area contributed by atoms with Gasteiger partial charge in [-0.05, 0) is 18.1 Å². The number of imide groups is 1. The van der Waals surface area contributed by atoms with E-state index >= 15 is 0 Å². The molecule has 24 heavy (non-hydrogen) atoms. The number of amides is 3. The van der Waals surface area contributed by atoms with E-state index in [0.717, 1.165) is 6.26 Å². The Kier molecular flexibility index (Phi) is 3.83. The van der Waals surface area contributed by atoms with Gasteiger partial charge in [-0.15, -0.1) is 0 Å². The predicted octanol–water partition coefficient (Wildman–Crippen LogP) is -0.140. The molecule has 1 unspecified atom stereocenters. The van der Waals surface area contributed by atoms with E-state index in [9.17, 15) is 22.8 Å². The van der Waals surface area contributed by atoms with Crippen LogP contribution >= 0.6 is 0 Å². The zero-order valence-electron chi connectivity index (χ0n) is 13.2. The molecule has 1 saturated heterocycles. The Labute approximate surface area is 138 Å². The second-order valence-electron chi connectivity index (χ2n) is 5.80. The van der Waals surface area contributed by atoms with Crippen LogP contribution in [0.1, 0.15) is 28.8 Å². The minimum Gasteiger partial charge on any atom is -0.495 e. The third-order valence-electron chi connectivity index (χ3n) is 4.21. The van der Waals surface area contributed by atoms with E-state index in [4.69, 9.17) is 4.74 Å².